The summed E-state index contributed by atoms with van der Waals surface area (Å²) in [6.07, 6.45) is 2.06. The number of hydrogen-bond acceptors (Lipinski definition) is 6. The van der Waals surface area contributed by atoms with Gasteiger partial charge in [-0.1, -0.05) is 108 Å². The van der Waals surface area contributed by atoms with Crippen molar-refractivity contribution >= 4 is 29.8 Å². The minimum atomic E-state index is -1.15. The van der Waals surface area contributed by atoms with Crippen LogP contribution in [0.3, 0.4) is 0 Å². The molecule has 0 fully saturated rings. The van der Waals surface area contributed by atoms with Crippen molar-refractivity contribution in [3.05, 3.63) is 71.8 Å². The van der Waals surface area contributed by atoms with Gasteiger partial charge >= 0.3 is 12.1 Å². The lowest BCUT2D eigenvalue weighted by atomic mass is 9.85. The number of carboxylic acids is 1. The highest BCUT2D eigenvalue weighted by molar-refractivity contribution is 5.95. The van der Waals surface area contributed by atoms with Crippen LogP contribution >= 0.6 is 0 Å². The fraction of sp³-hybridized carbons (Fsp3) is 0.528. The highest BCUT2D eigenvalue weighted by Crippen LogP contribution is 2.21. The third-order valence-electron chi connectivity index (χ3n) is 7.33. The van der Waals surface area contributed by atoms with Crippen LogP contribution in [0.5, 0.6) is 0 Å². The largest absolute Gasteiger partial charge is 0.480 e. The van der Waals surface area contributed by atoms with Crippen LogP contribution in [-0.4, -0.2) is 64.7 Å². The predicted molar refractivity (Wildman–Crippen MR) is 180 cm³/mol. The molecule has 0 unspecified atom stereocenters. The number of rotatable bonds is 16. The molecule has 0 bridgehead atoms. The number of carbonyl (C=O) groups excluding carboxylic acids is 4. The zero-order chi connectivity index (χ0) is 35.2. The van der Waals surface area contributed by atoms with Gasteiger partial charge in [0.1, 0.15) is 29.8 Å². The van der Waals surface area contributed by atoms with Gasteiger partial charge in [0.05, 0.1) is 0 Å². The first-order chi connectivity index (χ1) is 22.0. The second-order valence-electron chi connectivity index (χ2n) is 13.8. The van der Waals surface area contributed by atoms with Crippen LogP contribution in [0.25, 0.3) is 0 Å². The fourth-order valence-electron chi connectivity index (χ4n) is 4.87. The van der Waals surface area contributed by atoms with Gasteiger partial charge in [0.25, 0.3) is 0 Å². The lowest BCUT2D eigenvalue weighted by molar-refractivity contribution is -0.143. The topological polar surface area (TPSA) is 163 Å². The second kappa shape index (κ2) is 18.1. The molecule has 0 aliphatic carbocycles. The van der Waals surface area contributed by atoms with Crippen molar-refractivity contribution in [2.75, 3.05) is 0 Å². The standard InChI is InChI=1S/C36H52N4O7/c1-8-9-12-21-26(33(44)45)37-32(43)29(35(2,3)4)40-31(42)27(22-24-17-13-10-14-18-24)38-30(41)28(23-25-19-15-11-16-20-25)39-34(46)47-36(5,6)7/h10-11,13-20,26-29H,8-9,12,21-23H2,1-7H3,(H,37,43)(H,38,41)(H,39,46)(H,40,42)(H,44,45)/t26-,27-,28-,29+/m1/s1. The number of amides is 4. The van der Waals surface area contributed by atoms with Crippen LogP contribution in [0.2, 0.25) is 0 Å². The number of hydrogen-bond donors (Lipinski definition) is 5. The van der Waals surface area contributed by atoms with Gasteiger partial charge < -0.3 is 31.1 Å². The zero-order valence-corrected chi connectivity index (χ0v) is 28.7. The zero-order valence-electron chi connectivity index (χ0n) is 28.7. The molecule has 0 aliphatic heterocycles. The third kappa shape index (κ3) is 14.3. The average Bonchev–Trinajstić information content (AvgIpc) is 2.98. The van der Waals surface area contributed by atoms with E-state index in [-0.39, 0.29) is 19.3 Å². The Bertz CT molecular complexity index is 1320. The first-order valence-electron chi connectivity index (χ1n) is 16.2. The normalized spacial score (nSPS) is 14.1. The first kappa shape index (κ1) is 38.8. The Kier molecular flexibility index (Phi) is 14.9. The maximum absolute atomic E-state index is 13.9. The number of unbranched alkanes of at least 4 members (excludes halogenated alkanes) is 2. The smallest absolute Gasteiger partial charge is 0.408 e. The molecule has 47 heavy (non-hydrogen) atoms. The molecule has 0 radical (unpaired) electrons. The van der Waals surface area contributed by atoms with Crippen LogP contribution in [0.4, 0.5) is 4.79 Å². The first-order valence-corrected chi connectivity index (χ1v) is 16.2. The van der Waals surface area contributed by atoms with Crippen molar-refractivity contribution in [3.8, 4) is 0 Å². The molecule has 0 saturated heterocycles. The van der Waals surface area contributed by atoms with Gasteiger partial charge in [-0.3, -0.25) is 14.4 Å². The minimum Gasteiger partial charge on any atom is -0.480 e. The minimum absolute atomic E-state index is 0.0934. The molecular formula is C36H52N4O7. The number of aliphatic carboxylic acids is 1. The van der Waals surface area contributed by atoms with Gasteiger partial charge in [0, 0.05) is 12.8 Å². The van der Waals surface area contributed by atoms with Crippen LogP contribution < -0.4 is 21.3 Å². The van der Waals surface area contributed by atoms with Gasteiger partial charge in [0.2, 0.25) is 17.7 Å². The molecule has 2 aromatic carbocycles. The fourth-order valence-corrected chi connectivity index (χ4v) is 4.87. The maximum atomic E-state index is 13.9. The van der Waals surface area contributed by atoms with E-state index in [4.69, 9.17) is 4.74 Å². The Morgan fingerprint density at radius 1 is 0.660 bits per heavy atom. The Morgan fingerprint density at radius 2 is 1.13 bits per heavy atom. The molecule has 2 aromatic rings. The van der Waals surface area contributed by atoms with E-state index in [9.17, 15) is 29.1 Å². The van der Waals surface area contributed by atoms with E-state index in [1.165, 1.54) is 0 Å². The maximum Gasteiger partial charge on any atom is 0.408 e. The molecule has 258 valence electrons. The summed E-state index contributed by atoms with van der Waals surface area (Å²) in [5, 5.41) is 20.6. The van der Waals surface area contributed by atoms with Crippen molar-refractivity contribution in [2.45, 2.75) is 117 Å². The molecule has 0 spiro atoms. The van der Waals surface area contributed by atoms with Gasteiger partial charge in [0.15, 0.2) is 0 Å². The highest BCUT2D eigenvalue weighted by Gasteiger charge is 2.37. The summed E-state index contributed by atoms with van der Waals surface area (Å²) < 4.78 is 5.40. The van der Waals surface area contributed by atoms with E-state index in [1.807, 2.05) is 67.6 Å². The summed E-state index contributed by atoms with van der Waals surface area (Å²) in [5.74, 6) is -3.03. The summed E-state index contributed by atoms with van der Waals surface area (Å²) in [5.41, 5.74) is -0.0663. The average molecular weight is 653 g/mol. The lowest BCUT2D eigenvalue weighted by Gasteiger charge is -2.33. The Balaban J connectivity index is 2.36. The van der Waals surface area contributed by atoms with Crippen LogP contribution in [0.1, 0.15) is 85.3 Å². The van der Waals surface area contributed by atoms with Crippen LogP contribution in [-0.2, 0) is 36.8 Å². The Hall–Kier alpha value is -4.41. The molecular weight excluding hydrogens is 600 g/mol. The highest BCUT2D eigenvalue weighted by atomic mass is 16.6. The quantitative estimate of drug-likeness (QED) is 0.166. The summed E-state index contributed by atoms with van der Waals surface area (Å²) >= 11 is 0. The number of nitrogens with one attached hydrogen (secondary N) is 4. The summed E-state index contributed by atoms with van der Waals surface area (Å²) in [6, 6.07) is 13.8. The second-order valence-corrected chi connectivity index (χ2v) is 13.8. The number of carboxylic acid groups (broad SMARTS) is 1. The monoisotopic (exact) mass is 652 g/mol. The number of ether oxygens (including phenoxy) is 1. The molecule has 11 heteroatoms. The summed E-state index contributed by atoms with van der Waals surface area (Å²) in [7, 11) is 0. The van der Waals surface area contributed by atoms with E-state index < -0.39 is 65.0 Å². The summed E-state index contributed by atoms with van der Waals surface area (Å²) in [6.45, 7) is 12.4. The summed E-state index contributed by atoms with van der Waals surface area (Å²) in [4.78, 5) is 65.9. The van der Waals surface area contributed by atoms with E-state index in [0.29, 0.717) is 6.42 Å². The van der Waals surface area contributed by atoms with Crippen molar-refractivity contribution in [3.63, 3.8) is 0 Å². The van der Waals surface area contributed by atoms with Gasteiger partial charge in [-0.15, -0.1) is 0 Å². The van der Waals surface area contributed by atoms with E-state index in [2.05, 4.69) is 21.3 Å². The predicted octanol–water partition coefficient (Wildman–Crippen LogP) is 4.53. The van der Waals surface area contributed by atoms with Gasteiger partial charge in [-0.05, 0) is 43.7 Å². The lowest BCUT2D eigenvalue weighted by Crippen LogP contribution is -2.61. The molecule has 4 atom stereocenters. The molecule has 0 aromatic heterocycles. The molecule has 5 N–H and O–H groups in total. The molecule has 0 saturated carbocycles. The Labute approximate surface area is 278 Å². The van der Waals surface area contributed by atoms with Crippen LogP contribution in [0.15, 0.2) is 60.7 Å². The Morgan fingerprint density at radius 3 is 1.57 bits per heavy atom. The van der Waals surface area contributed by atoms with E-state index in [1.54, 1.807) is 41.5 Å². The van der Waals surface area contributed by atoms with Crippen molar-refractivity contribution < 1.29 is 33.8 Å². The molecule has 2 rings (SSSR count). The molecule has 11 nitrogen and oxygen atoms in total. The van der Waals surface area contributed by atoms with Crippen molar-refractivity contribution in [1.82, 2.24) is 21.3 Å². The SMILES string of the molecule is CCCCC[C@@H](NC(=O)[C@H](NC(=O)[C@@H](Cc1ccccc1)NC(=O)[C@@H](Cc1ccccc1)NC(=O)OC(C)(C)C)C(C)(C)C)C(=O)O. The molecule has 0 heterocycles. The number of benzene rings is 2. The van der Waals surface area contributed by atoms with E-state index >= 15 is 0 Å². The molecule has 4 amide bonds. The number of alkyl carbamates (subject to hydrolysis) is 1. The number of carbonyl (C=O) groups is 5. The van der Waals surface area contributed by atoms with Crippen molar-refractivity contribution in [2.24, 2.45) is 5.41 Å². The van der Waals surface area contributed by atoms with E-state index in [0.717, 1.165) is 24.0 Å². The van der Waals surface area contributed by atoms with Crippen molar-refractivity contribution in [1.29, 1.82) is 0 Å². The van der Waals surface area contributed by atoms with Crippen LogP contribution in [0, 0.1) is 5.41 Å². The third-order valence-corrected chi connectivity index (χ3v) is 7.33. The molecule has 0 aliphatic rings. The van der Waals surface area contributed by atoms with Gasteiger partial charge in [-0.25, -0.2) is 9.59 Å². The van der Waals surface area contributed by atoms with Gasteiger partial charge in [-0.2, -0.15) is 0 Å².